The van der Waals surface area contributed by atoms with E-state index in [1.54, 1.807) is 0 Å². The zero-order valence-electron chi connectivity index (χ0n) is 15.1. The Labute approximate surface area is 134 Å². The summed E-state index contributed by atoms with van der Waals surface area (Å²) >= 11 is 0. The molecule has 0 saturated heterocycles. The third-order valence-electron chi connectivity index (χ3n) is 5.33. The highest BCUT2D eigenvalue weighted by molar-refractivity contribution is 4.80. The molecule has 0 aromatic rings. The molecule has 21 heavy (non-hydrogen) atoms. The van der Waals surface area contributed by atoms with E-state index in [4.69, 9.17) is 0 Å². The molecule has 0 spiro atoms. The van der Waals surface area contributed by atoms with Gasteiger partial charge in [-0.25, -0.2) is 0 Å². The Balaban J connectivity index is 2.26. The van der Waals surface area contributed by atoms with Crippen LogP contribution in [0.25, 0.3) is 0 Å². The fourth-order valence-electron chi connectivity index (χ4n) is 3.95. The summed E-state index contributed by atoms with van der Waals surface area (Å²) in [6.45, 7) is 6.96. The van der Waals surface area contributed by atoms with Crippen LogP contribution in [-0.4, -0.2) is 12.1 Å². The van der Waals surface area contributed by atoms with E-state index in [0.717, 1.165) is 18.0 Å². The van der Waals surface area contributed by atoms with Gasteiger partial charge in [-0.05, 0) is 44.4 Å². The Morgan fingerprint density at radius 1 is 0.762 bits per heavy atom. The molecule has 0 radical (unpaired) electrons. The first kappa shape index (κ1) is 19.0. The van der Waals surface area contributed by atoms with Crippen LogP contribution in [0.2, 0.25) is 0 Å². The molecule has 1 heteroatoms. The fourth-order valence-corrected chi connectivity index (χ4v) is 3.95. The lowest BCUT2D eigenvalue weighted by atomic mass is 9.83. The number of unbranched alkanes of at least 4 members (excludes halogenated alkanes) is 4. The minimum absolute atomic E-state index is 0.802. The Morgan fingerprint density at radius 2 is 1.33 bits per heavy atom. The van der Waals surface area contributed by atoms with E-state index in [0.29, 0.717) is 0 Å². The van der Waals surface area contributed by atoms with Gasteiger partial charge in [0.05, 0.1) is 0 Å². The first-order valence-corrected chi connectivity index (χ1v) is 10.1. The first-order valence-electron chi connectivity index (χ1n) is 10.1. The van der Waals surface area contributed by atoms with E-state index >= 15 is 0 Å². The van der Waals surface area contributed by atoms with Gasteiger partial charge in [0.2, 0.25) is 0 Å². The molecule has 1 fully saturated rings. The molecule has 0 aromatic heterocycles. The summed E-state index contributed by atoms with van der Waals surface area (Å²) in [6, 6.07) is 1.63. The van der Waals surface area contributed by atoms with Gasteiger partial charge in [-0.15, -0.1) is 0 Å². The average Bonchev–Trinajstić information content (AvgIpc) is 2.50. The monoisotopic (exact) mass is 295 g/mol. The fraction of sp³-hybridized carbons (Fsp3) is 1.00. The second-order valence-corrected chi connectivity index (χ2v) is 7.36. The molecular weight excluding hydrogens is 254 g/mol. The van der Waals surface area contributed by atoms with E-state index in [2.05, 4.69) is 26.1 Å². The van der Waals surface area contributed by atoms with Gasteiger partial charge in [0, 0.05) is 12.1 Å². The molecule has 0 aromatic carbocycles. The van der Waals surface area contributed by atoms with Crippen molar-refractivity contribution in [2.75, 3.05) is 0 Å². The Kier molecular flexibility index (Phi) is 11.3. The molecule has 1 rings (SSSR count). The lowest BCUT2D eigenvalue weighted by molar-refractivity contribution is 0.252. The first-order chi connectivity index (χ1) is 10.3. The highest BCUT2D eigenvalue weighted by Crippen LogP contribution is 2.28. The number of hydrogen-bond acceptors (Lipinski definition) is 1. The average molecular weight is 296 g/mol. The van der Waals surface area contributed by atoms with Crippen molar-refractivity contribution in [1.29, 1.82) is 0 Å². The van der Waals surface area contributed by atoms with E-state index in [1.165, 1.54) is 89.9 Å². The molecule has 0 amide bonds. The predicted molar refractivity (Wildman–Crippen MR) is 95.9 cm³/mol. The van der Waals surface area contributed by atoms with Crippen LogP contribution >= 0.6 is 0 Å². The summed E-state index contributed by atoms with van der Waals surface area (Å²) in [6.07, 6.45) is 19.8. The van der Waals surface area contributed by atoms with Gasteiger partial charge in [0.15, 0.2) is 0 Å². The van der Waals surface area contributed by atoms with Gasteiger partial charge < -0.3 is 5.32 Å². The van der Waals surface area contributed by atoms with Crippen LogP contribution in [0.4, 0.5) is 0 Å². The maximum absolute atomic E-state index is 4.04. The molecule has 1 aliphatic rings. The summed E-state index contributed by atoms with van der Waals surface area (Å²) in [5, 5.41) is 4.04. The van der Waals surface area contributed by atoms with Crippen LogP contribution in [-0.2, 0) is 0 Å². The highest BCUT2D eigenvalue weighted by Gasteiger charge is 2.22. The van der Waals surface area contributed by atoms with Crippen molar-refractivity contribution in [2.24, 2.45) is 5.92 Å². The van der Waals surface area contributed by atoms with Gasteiger partial charge in [-0.2, -0.15) is 0 Å². The number of hydrogen-bond donors (Lipinski definition) is 1. The van der Waals surface area contributed by atoms with Crippen molar-refractivity contribution in [1.82, 2.24) is 5.32 Å². The van der Waals surface area contributed by atoms with Crippen LogP contribution in [0.15, 0.2) is 0 Å². The smallest absolute Gasteiger partial charge is 0.00698 e. The number of rotatable bonds is 12. The molecule has 1 aliphatic carbocycles. The van der Waals surface area contributed by atoms with Gasteiger partial charge in [-0.3, -0.25) is 0 Å². The van der Waals surface area contributed by atoms with Gasteiger partial charge >= 0.3 is 0 Å². The molecule has 1 N–H and O–H groups in total. The Hall–Kier alpha value is -0.0400. The molecule has 0 heterocycles. The van der Waals surface area contributed by atoms with Crippen LogP contribution in [0.1, 0.15) is 111 Å². The molecule has 1 saturated carbocycles. The maximum atomic E-state index is 4.04. The minimum atomic E-state index is 0.802. The topological polar surface area (TPSA) is 12.0 Å². The lowest BCUT2D eigenvalue weighted by Crippen LogP contribution is -2.40. The molecule has 0 aliphatic heterocycles. The summed E-state index contributed by atoms with van der Waals surface area (Å²) in [7, 11) is 0. The lowest BCUT2D eigenvalue weighted by Gasteiger charge is -2.32. The highest BCUT2D eigenvalue weighted by atomic mass is 14.9. The van der Waals surface area contributed by atoms with Gasteiger partial charge in [0.25, 0.3) is 0 Å². The van der Waals surface area contributed by atoms with Crippen molar-refractivity contribution in [2.45, 2.75) is 123 Å². The van der Waals surface area contributed by atoms with Crippen LogP contribution in [0.5, 0.6) is 0 Å². The van der Waals surface area contributed by atoms with Crippen LogP contribution < -0.4 is 5.32 Å². The van der Waals surface area contributed by atoms with Crippen LogP contribution in [0.3, 0.4) is 0 Å². The third-order valence-corrected chi connectivity index (χ3v) is 5.33. The van der Waals surface area contributed by atoms with E-state index < -0.39 is 0 Å². The standard InChI is InChI=1S/C20H41N/c1-4-7-9-12-19(13-10-8-5-2)21-20-16-14-18(11-6-3)15-17-20/h18-21H,4-17H2,1-3H3. The zero-order chi connectivity index (χ0) is 15.3. The van der Waals surface area contributed by atoms with Gasteiger partial charge in [-0.1, -0.05) is 72.1 Å². The van der Waals surface area contributed by atoms with E-state index in [9.17, 15) is 0 Å². The summed E-state index contributed by atoms with van der Waals surface area (Å²) in [5.41, 5.74) is 0. The Bertz CT molecular complexity index is 208. The zero-order valence-corrected chi connectivity index (χ0v) is 15.1. The SMILES string of the molecule is CCCCCC(CCCCC)NC1CCC(CCC)CC1. The predicted octanol–water partition coefficient (Wildman–Crippen LogP) is 6.46. The molecule has 0 bridgehead atoms. The second kappa shape index (κ2) is 12.5. The molecule has 1 nitrogen and oxygen atoms in total. The largest absolute Gasteiger partial charge is 0.311 e. The molecule has 0 unspecified atom stereocenters. The van der Waals surface area contributed by atoms with Crippen molar-refractivity contribution in [3.05, 3.63) is 0 Å². The van der Waals surface area contributed by atoms with Crippen molar-refractivity contribution < 1.29 is 0 Å². The Morgan fingerprint density at radius 3 is 1.81 bits per heavy atom. The van der Waals surface area contributed by atoms with E-state index in [1.807, 2.05) is 0 Å². The normalized spacial score (nSPS) is 22.9. The van der Waals surface area contributed by atoms with Crippen molar-refractivity contribution >= 4 is 0 Å². The van der Waals surface area contributed by atoms with E-state index in [-0.39, 0.29) is 0 Å². The summed E-state index contributed by atoms with van der Waals surface area (Å²) in [5.74, 6) is 1.03. The van der Waals surface area contributed by atoms with Crippen molar-refractivity contribution in [3.8, 4) is 0 Å². The quantitative estimate of drug-likeness (QED) is 0.407. The van der Waals surface area contributed by atoms with Crippen molar-refractivity contribution in [3.63, 3.8) is 0 Å². The minimum Gasteiger partial charge on any atom is -0.311 e. The number of nitrogens with one attached hydrogen (secondary N) is 1. The maximum Gasteiger partial charge on any atom is 0.00698 e. The second-order valence-electron chi connectivity index (χ2n) is 7.36. The van der Waals surface area contributed by atoms with Crippen LogP contribution in [0, 0.1) is 5.92 Å². The molecule has 126 valence electrons. The summed E-state index contributed by atoms with van der Waals surface area (Å²) in [4.78, 5) is 0. The molecule has 0 atom stereocenters. The molecular formula is C20H41N. The van der Waals surface area contributed by atoms with Gasteiger partial charge in [0.1, 0.15) is 0 Å². The summed E-state index contributed by atoms with van der Waals surface area (Å²) < 4.78 is 0. The third kappa shape index (κ3) is 8.86.